The van der Waals surface area contributed by atoms with Crippen LogP contribution in [0.5, 0.6) is 5.75 Å². The van der Waals surface area contributed by atoms with Crippen LogP contribution in [0.2, 0.25) is 0 Å². The van der Waals surface area contributed by atoms with Gasteiger partial charge in [0, 0.05) is 11.1 Å². The van der Waals surface area contributed by atoms with Crippen molar-refractivity contribution in [2.45, 2.75) is 52.2 Å². The monoisotopic (exact) mass is 445 g/mol. The van der Waals surface area contributed by atoms with E-state index >= 15 is 0 Å². The molecule has 3 aromatic carbocycles. The molecule has 1 atom stereocenters. The van der Waals surface area contributed by atoms with E-state index in [1.165, 1.54) is 5.56 Å². The van der Waals surface area contributed by atoms with Crippen molar-refractivity contribution < 1.29 is 19.1 Å². The number of carbonyl (C=O) groups is 2. The zero-order chi connectivity index (χ0) is 24.0. The fourth-order valence-corrected chi connectivity index (χ4v) is 3.44. The second kappa shape index (κ2) is 10.3. The highest BCUT2D eigenvalue weighted by molar-refractivity contribution is 5.95. The molecule has 1 amide bonds. The second-order valence-corrected chi connectivity index (χ2v) is 8.80. The van der Waals surface area contributed by atoms with E-state index in [9.17, 15) is 9.59 Å². The maximum absolute atomic E-state index is 12.6. The van der Waals surface area contributed by atoms with Crippen LogP contribution in [-0.2, 0) is 14.9 Å². The number of hydrogen-bond donors (Lipinski definition) is 1. The average Bonchev–Trinajstić information content (AvgIpc) is 2.80. The summed E-state index contributed by atoms with van der Waals surface area (Å²) in [6.45, 7) is 9.66. The number of anilines is 1. The van der Waals surface area contributed by atoms with E-state index in [0.29, 0.717) is 17.0 Å². The maximum atomic E-state index is 12.6. The third-order valence-electron chi connectivity index (χ3n) is 5.48. The number of benzene rings is 3. The minimum absolute atomic E-state index is 0.142. The molecule has 5 nitrogen and oxygen atoms in total. The summed E-state index contributed by atoms with van der Waals surface area (Å²) in [6.07, 6.45) is -0.878. The van der Waals surface area contributed by atoms with Crippen LogP contribution in [0.4, 0.5) is 5.69 Å². The normalized spacial score (nSPS) is 12.2. The zero-order valence-corrected chi connectivity index (χ0v) is 19.8. The quantitative estimate of drug-likeness (QED) is 0.433. The van der Waals surface area contributed by atoms with Gasteiger partial charge >= 0.3 is 5.97 Å². The van der Waals surface area contributed by atoms with Gasteiger partial charge in [0.25, 0.3) is 5.91 Å². The topological polar surface area (TPSA) is 64.6 Å². The van der Waals surface area contributed by atoms with Gasteiger partial charge in [0.1, 0.15) is 5.75 Å². The predicted molar refractivity (Wildman–Crippen MR) is 131 cm³/mol. The third-order valence-corrected chi connectivity index (χ3v) is 5.48. The van der Waals surface area contributed by atoms with Gasteiger partial charge in [-0.1, -0.05) is 56.3 Å². The Morgan fingerprint density at radius 1 is 0.788 bits per heavy atom. The molecule has 0 fully saturated rings. The lowest BCUT2D eigenvalue weighted by atomic mass is 9.78. The minimum Gasteiger partial charge on any atom is -0.481 e. The Hall–Kier alpha value is -3.60. The molecule has 0 saturated heterocycles. The molecular weight excluding hydrogens is 414 g/mol. The Bertz CT molecular complexity index is 1070. The number of hydrogen-bond acceptors (Lipinski definition) is 4. The van der Waals surface area contributed by atoms with Crippen molar-refractivity contribution in [2.24, 2.45) is 0 Å². The molecule has 33 heavy (non-hydrogen) atoms. The Morgan fingerprint density at radius 3 is 1.94 bits per heavy atom. The summed E-state index contributed by atoms with van der Waals surface area (Å²) in [7, 11) is 0. The Kier molecular flexibility index (Phi) is 7.54. The smallest absolute Gasteiger partial charge is 0.338 e. The zero-order valence-electron chi connectivity index (χ0n) is 19.8. The molecule has 0 aliphatic carbocycles. The van der Waals surface area contributed by atoms with Gasteiger partial charge in [-0.25, -0.2) is 4.79 Å². The van der Waals surface area contributed by atoms with Crippen molar-refractivity contribution in [1.82, 2.24) is 0 Å². The number of carbonyl (C=O) groups excluding carboxylic acids is 2. The first-order chi connectivity index (χ1) is 15.7. The predicted octanol–water partition coefficient (Wildman–Crippen LogP) is 5.98. The lowest BCUT2D eigenvalue weighted by Crippen LogP contribution is -2.30. The van der Waals surface area contributed by atoms with Gasteiger partial charge in [-0.3, -0.25) is 4.79 Å². The Morgan fingerprint density at radius 2 is 1.36 bits per heavy atom. The summed E-state index contributed by atoms with van der Waals surface area (Å²) in [4.78, 5) is 24.5. The van der Waals surface area contributed by atoms with Crippen molar-refractivity contribution in [3.63, 3.8) is 0 Å². The van der Waals surface area contributed by atoms with E-state index in [1.54, 1.807) is 45.0 Å². The molecule has 0 aromatic heterocycles. The largest absolute Gasteiger partial charge is 0.481 e. The van der Waals surface area contributed by atoms with Crippen LogP contribution in [0.15, 0.2) is 78.9 Å². The van der Waals surface area contributed by atoms with E-state index in [0.717, 1.165) is 5.56 Å². The standard InChI is InChI=1S/C28H31NO4/c1-19(2)32-27(31)21-11-15-24(16-12-21)29-26(30)20(3)33-25-17-13-23(14-18-25)28(4,5)22-9-7-6-8-10-22/h6-20H,1-5H3,(H,29,30). The molecule has 3 rings (SSSR count). The van der Waals surface area contributed by atoms with Gasteiger partial charge in [0.05, 0.1) is 11.7 Å². The van der Waals surface area contributed by atoms with Crippen molar-refractivity contribution in [1.29, 1.82) is 0 Å². The molecular formula is C28H31NO4. The summed E-state index contributed by atoms with van der Waals surface area (Å²) in [6, 6.07) is 24.8. The minimum atomic E-state index is -0.691. The SMILES string of the molecule is CC(C)OC(=O)c1ccc(NC(=O)C(C)Oc2ccc(C(C)(C)c3ccccc3)cc2)cc1. The van der Waals surface area contributed by atoms with E-state index in [4.69, 9.17) is 9.47 Å². The van der Waals surface area contributed by atoms with Crippen LogP contribution in [0.25, 0.3) is 0 Å². The van der Waals surface area contributed by atoms with Crippen molar-refractivity contribution in [2.75, 3.05) is 5.32 Å². The molecule has 3 aromatic rings. The van der Waals surface area contributed by atoms with Crippen molar-refractivity contribution in [3.05, 3.63) is 95.6 Å². The number of amides is 1. The van der Waals surface area contributed by atoms with Crippen LogP contribution in [-0.4, -0.2) is 24.1 Å². The summed E-state index contributed by atoms with van der Waals surface area (Å²) in [5.41, 5.74) is 3.27. The highest BCUT2D eigenvalue weighted by atomic mass is 16.5. The van der Waals surface area contributed by atoms with Gasteiger partial charge in [-0.2, -0.15) is 0 Å². The third kappa shape index (κ3) is 6.22. The first-order valence-electron chi connectivity index (χ1n) is 11.1. The van der Waals surface area contributed by atoms with Gasteiger partial charge in [0.2, 0.25) is 0 Å². The molecule has 1 unspecified atom stereocenters. The summed E-state index contributed by atoms with van der Waals surface area (Å²) in [5, 5.41) is 2.81. The van der Waals surface area contributed by atoms with Gasteiger partial charge in [-0.15, -0.1) is 0 Å². The van der Waals surface area contributed by atoms with Crippen LogP contribution in [0.1, 0.15) is 56.1 Å². The van der Waals surface area contributed by atoms with Crippen molar-refractivity contribution >= 4 is 17.6 Å². The number of ether oxygens (including phenoxy) is 2. The van der Waals surface area contributed by atoms with Crippen LogP contribution in [0, 0.1) is 0 Å². The molecule has 0 aliphatic rings. The first-order valence-corrected chi connectivity index (χ1v) is 11.1. The lowest BCUT2D eigenvalue weighted by molar-refractivity contribution is -0.122. The highest BCUT2D eigenvalue weighted by Gasteiger charge is 2.23. The molecule has 5 heteroatoms. The number of nitrogens with one attached hydrogen (secondary N) is 1. The summed E-state index contributed by atoms with van der Waals surface area (Å²) in [5.74, 6) is -0.0447. The van der Waals surface area contributed by atoms with E-state index < -0.39 is 12.1 Å². The molecule has 0 aliphatic heterocycles. The molecule has 0 saturated carbocycles. The average molecular weight is 446 g/mol. The molecule has 172 valence electrons. The van der Waals surface area contributed by atoms with Crippen LogP contribution in [0.3, 0.4) is 0 Å². The lowest BCUT2D eigenvalue weighted by Gasteiger charge is -2.26. The number of esters is 1. The highest BCUT2D eigenvalue weighted by Crippen LogP contribution is 2.32. The van der Waals surface area contributed by atoms with Gasteiger partial charge < -0.3 is 14.8 Å². The van der Waals surface area contributed by atoms with Crippen LogP contribution >= 0.6 is 0 Å². The van der Waals surface area contributed by atoms with Gasteiger partial charge in [-0.05, 0) is 68.3 Å². The summed E-state index contributed by atoms with van der Waals surface area (Å²) < 4.78 is 11.0. The van der Waals surface area contributed by atoms with E-state index in [2.05, 4.69) is 31.3 Å². The molecule has 0 bridgehead atoms. The fraction of sp³-hybridized carbons (Fsp3) is 0.286. The second-order valence-electron chi connectivity index (χ2n) is 8.80. The van der Waals surface area contributed by atoms with Crippen molar-refractivity contribution in [3.8, 4) is 5.75 Å². The number of rotatable bonds is 8. The fourth-order valence-electron chi connectivity index (χ4n) is 3.44. The van der Waals surface area contributed by atoms with Crippen LogP contribution < -0.4 is 10.1 Å². The Labute approximate surface area is 195 Å². The van der Waals surface area contributed by atoms with Gasteiger partial charge in [0.15, 0.2) is 6.10 Å². The van der Waals surface area contributed by atoms with E-state index in [-0.39, 0.29) is 17.4 Å². The van der Waals surface area contributed by atoms with E-state index in [1.807, 2.05) is 42.5 Å². The summed E-state index contributed by atoms with van der Waals surface area (Å²) >= 11 is 0. The Balaban J connectivity index is 1.59. The molecule has 0 spiro atoms. The molecule has 0 radical (unpaired) electrons. The maximum Gasteiger partial charge on any atom is 0.338 e. The first kappa shape index (κ1) is 24.1. The molecule has 1 N–H and O–H groups in total. The molecule has 0 heterocycles.